The Kier molecular flexibility index (Phi) is 4.34. The summed E-state index contributed by atoms with van der Waals surface area (Å²) in [6.07, 6.45) is 4.55. The van der Waals surface area contributed by atoms with Gasteiger partial charge >= 0.3 is 0 Å². The molecule has 0 fully saturated rings. The molecule has 19 heavy (non-hydrogen) atoms. The molecule has 2 heterocycles. The Morgan fingerprint density at radius 2 is 1.95 bits per heavy atom. The molecule has 2 aromatic rings. The number of pyridine rings is 2. The molecule has 0 radical (unpaired) electrons. The fourth-order valence-corrected chi connectivity index (χ4v) is 1.78. The second-order valence-electron chi connectivity index (χ2n) is 4.52. The number of nitrogens with zero attached hydrogens (tertiary/aromatic N) is 3. The van der Waals surface area contributed by atoms with Gasteiger partial charge in [-0.05, 0) is 31.2 Å². The molecular weight excluding hydrogens is 238 g/mol. The van der Waals surface area contributed by atoms with E-state index in [0.29, 0.717) is 0 Å². The van der Waals surface area contributed by atoms with Crippen LogP contribution in [0, 0.1) is 6.92 Å². The fourth-order valence-electron chi connectivity index (χ4n) is 1.78. The molecule has 0 unspecified atom stereocenters. The van der Waals surface area contributed by atoms with Crippen LogP contribution in [0.25, 0.3) is 0 Å². The van der Waals surface area contributed by atoms with Gasteiger partial charge in [0.2, 0.25) is 0 Å². The van der Waals surface area contributed by atoms with E-state index in [0.717, 1.165) is 35.8 Å². The van der Waals surface area contributed by atoms with Gasteiger partial charge in [-0.2, -0.15) is 0 Å². The standard InChI is InChI=1S/C15H19N3O/c1-12-4-6-14(10-16-12)18(2)9-8-13-5-7-15(19-3)11-17-13/h4-7,10-11H,8-9H2,1-3H3. The van der Waals surface area contributed by atoms with E-state index in [4.69, 9.17) is 4.74 Å². The Labute approximate surface area is 114 Å². The van der Waals surface area contributed by atoms with Gasteiger partial charge in [-0.3, -0.25) is 9.97 Å². The third kappa shape index (κ3) is 3.68. The van der Waals surface area contributed by atoms with Gasteiger partial charge in [0.05, 0.1) is 25.2 Å². The van der Waals surface area contributed by atoms with Crippen LogP contribution in [-0.2, 0) is 6.42 Å². The van der Waals surface area contributed by atoms with Gasteiger partial charge in [0.15, 0.2) is 0 Å². The Morgan fingerprint density at radius 3 is 2.53 bits per heavy atom. The molecule has 0 saturated heterocycles. The molecule has 0 aliphatic carbocycles. The average molecular weight is 257 g/mol. The van der Waals surface area contributed by atoms with E-state index in [1.165, 1.54) is 0 Å². The van der Waals surface area contributed by atoms with E-state index in [1.807, 2.05) is 31.3 Å². The summed E-state index contributed by atoms with van der Waals surface area (Å²) < 4.78 is 5.09. The Hall–Kier alpha value is -2.10. The lowest BCUT2D eigenvalue weighted by molar-refractivity contribution is 0.412. The summed E-state index contributed by atoms with van der Waals surface area (Å²) in [6, 6.07) is 8.05. The predicted octanol–water partition coefficient (Wildman–Crippen LogP) is 2.47. The van der Waals surface area contributed by atoms with Crippen molar-refractivity contribution < 1.29 is 4.74 Å². The highest BCUT2D eigenvalue weighted by atomic mass is 16.5. The Morgan fingerprint density at radius 1 is 1.11 bits per heavy atom. The first kappa shape index (κ1) is 13.3. The average Bonchev–Trinajstić information content (AvgIpc) is 2.46. The number of aromatic nitrogens is 2. The first-order valence-corrected chi connectivity index (χ1v) is 6.32. The van der Waals surface area contributed by atoms with Gasteiger partial charge < -0.3 is 9.64 Å². The Bertz CT molecular complexity index is 508. The monoisotopic (exact) mass is 257 g/mol. The smallest absolute Gasteiger partial charge is 0.137 e. The summed E-state index contributed by atoms with van der Waals surface area (Å²) in [7, 11) is 3.71. The summed E-state index contributed by atoms with van der Waals surface area (Å²) in [4.78, 5) is 10.8. The van der Waals surface area contributed by atoms with Gasteiger partial charge in [-0.15, -0.1) is 0 Å². The molecule has 100 valence electrons. The van der Waals surface area contributed by atoms with Crippen LogP contribution in [-0.4, -0.2) is 30.7 Å². The van der Waals surface area contributed by atoms with Crippen LogP contribution in [0.15, 0.2) is 36.7 Å². The molecule has 4 heteroatoms. The lowest BCUT2D eigenvalue weighted by atomic mass is 10.2. The van der Waals surface area contributed by atoms with E-state index in [-0.39, 0.29) is 0 Å². The maximum atomic E-state index is 5.09. The highest BCUT2D eigenvalue weighted by molar-refractivity contribution is 5.43. The van der Waals surface area contributed by atoms with Gasteiger partial charge in [0, 0.05) is 31.4 Å². The molecule has 0 spiro atoms. The van der Waals surface area contributed by atoms with Crippen LogP contribution in [0.5, 0.6) is 5.75 Å². The van der Waals surface area contributed by atoms with Crippen molar-refractivity contribution >= 4 is 5.69 Å². The maximum absolute atomic E-state index is 5.09. The Balaban J connectivity index is 1.92. The van der Waals surface area contributed by atoms with Crippen LogP contribution in [0.4, 0.5) is 5.69 Å². The van der Waals surface area contributed by atoms with Crippen LogP contribution < -0.4 is 9.64 Å². The summed E-state index contributed by atoms with van der Waals surface area (Å²) in [6.45, 7) is 2.90. The summed E-state index contributed by atoms with van der Waals surface area (Å²) in [5.41, 5.74) is 3.22. The quantitative estimate of drug-likeness (QED) is 0.824. The van der Waals surface area contributed by atoms with E-state index in [9.17, 15) is 0 Å². The zero-order chi connectivity index (χ0) is 13.7. The zero-order valence-electron chi connectivity index (χ0n) is 11.6. The number of methoxy groups -OCH3 is 1. The zero-order valence-corrected chi connectivity index (χ0v) is 11.6. The maximum Gasteiger partial charge on any atom is 0.137 e. The predicted molar refractivity (Wildman–Crippen MR) is 76.7 cm³/mol. The molecule has 2 rings (SSSR count). The van der Waals surface area contributed by atoms with Crippen LogP contribution in [0.1, 0.15) is 11.4 Å². The molecule has 0 saturated carbocycles. The summed E-state index contributed by atoms with van der Waals surface area (Å²) in [5, 5.41) is 0. The van der Waals surface area contributed by atoms with Gasteiger partial charge in [0.1, 0.15) is 5.75 Å². The van der Waals surface area contributed by atoms with Crippen molar-refractivity contribution in [3.63, 3.8) is 0 Å². The first-order valence-electron chi connectivity index (χ1n) is 6.32. The van der Waals surface area contributed by atoms with E-state index in [1.54, 1.807) is 13.3 Å². The molecule has 0 aliphatic rings. The van der Waals surface area contributed by atoms with Crippen molar-refractivity contribution in [3.8, 4) is 5.75 Å². The van der Waals surface area contributed by atoms with Gasteiger partial charge in [-0.25, -0.2) is 0 Å². The molecule has 0 N–H and O–H groups in total. The first-order chi connectivity index (χ1) is 9.19. The molecular formula is C15H19N3O. The molecule has 0 aliphatic heterocycles. The van der Waals surface area contributed by atoms with Crippen molar-refractivity contribution in [1.82, 2.24) is 9.97 Å². The SMILES string of the molecule is COc1ccc(CCN(C)c2ccc(C)nc2)nc1. The molecule has 0 bridgehead atoms. The number of likely N-dealkylation sites (N-methyl/N-ethyl adjacent to an activating group) is 1. The molecule has 4 nitrogen and oxygen atoms in total. The van der Waals surface area contributed by atoms with Crippen LogP contribution >= 0.6 is 0 Å². The van der Waals surface area contributed by atoms with Crippen molar-refractivity contribution in [2.75, 3.05) is 25.6 Å². The third-order valence-corrected chi connectivity index (χ3v) is 3.07. The molecule has 2 aromatic heterocycles. The van der Waals surface area contributed by atoms with Crippen molar-refractivity contribution in [1.29, 1.82) is 0 Å². The number of anilines is 1. The summed E-state index contributed by atoms with van der Waals surface area (Å²) in [5.74, 6) is 0.792. The topological polar surface area (TPSA) is 38.2 Å². The number of hydrogen-bond acceptors (Lipinski definition) is 4. The van der Waals surface area contributed by atoms with Gasteiger partial charge in [-0.1, -0.05) is 0 Å². The lowest BCUT2D eigenvalue weighted by Crippen LogP contribution is -2.20. The second-order valence-corrected chi connectivity index (χ2v) is 4.52. The number of rotatable bonds is 5. The number of hydrogen-bond donors (Lipinski definition) is 0. The van der Waals surface area contributed by atoms with Crippen molar-refractivity contribution in [3.05, 3.63) is 48.0 Å². The van der Waals surface area contributed by atoms with E-state index in [2.05, 4.69) is 28.0 Å². The van der Waals surface area contributed by atoms with Crippen LogP contribution in [0.3, 0.4) is 0 Å². The van der Waals surface area contributed by atoms with E-state index >= 15 is 0 Å². The van der Waals surface area contributed by atoms with Crippen molar-refractivity contribution in [2.45, 2.75) is 13.3 Å². The minimum atomic E-state index is 0.792. The third-order valence-electron chi connectivity index (χ3n) is 3.07. The largest absolute Gasteiger partial charge is 0.495 e. The number of aryl methyl sites for hydroxylation is 1. The molecule has 0 amide bonds. The van der Waals surface area contributed by atoms with Gasteiger partial charge in [0.25, 0.3) is 0 Å². The van der Waals surface area contributed by atoms with E-state index < -0.39 is 0 Å². The lowest BCUT2D eigenvalue weighted by Gasteiger charge is -2.18. The van der Waals surface area contributed by atoms with Crippen molar-refractivity contribution in [2.24, 2.45) is 0 Å². The fraction of sp³-hybridized carbons (Fsp3) is 0.333. The summed E-state index contributed by atoms with van der Waals surface area (Å²) >= 11 is 0. The normalized spacial score (nSPS) is 10.3. The highest BCUT2D eigenvalue weighted by Crippen LogP contribution is 2.12. The minimum absolute atomic E-state index is 0.792. The number of ether oxygens (including phenoxy) is 1. The molecule has 0 atom stereocenters. The second kappa shape index (κ2) is 6.18. The minimum Gasteiger partial charge on any atom is -0.495 e. The highest BCUT2D eigenvalue weighted by Gasteiger charge is 2.02. The van der Waals surface area contributed by atoms with Crippen LogP contribution in [0.2, 0.25) is 0 Å². The molecule has 0 aromatic carbocycles.